The van der Waals surface area contributed by atoms with Gasteiger partial charge in [-0.15, -0.1) is 0 Å². The number of hydrogen-bond donors (Lipinski definition) is 1. The number of furan rings is 1. The molecule has 0 saturated heterocycles. The first-order valence-corrected chi connectivity index (χ1v) is 11.7. The quantitative estimate of drug-likeness (QED) is 0.259. The molecule has 1 aromatic heterocycles. The molecule has 1 heterocycles. The first-order valence-electron chi connectivity index (χ1n) is 11.3. The lowest BCUT2D eigenvalue weighted by molar-refractivity contribution is -0.137. The van der Waals surface area contributed by atoms with E-state index in [1.807, 2.05) is 13.8 Å². The predicted molar refractivity (Wildman–Crippen MR) is 133 cm³/mol. The molecule has 0 bridgehead atoms. The van der Waals surface area contributed by atoms with Crippen molar-refractivity contribution in [3.63, 3.8) is 0 Å². The van der Waals surface area contributed by atoms with E-state index in [1.165, 1.54) is 24.3 Å². The highest BCUT2D eigenvalue weighted by Gasteiger charge is 2.35. The average Bonchev–Trinajstić information content (AvgIpc) is 3.17. The number of benzene rings is 3. The van der Waals surface area contributed by atoms with Crippen molar-refractivity contribution in [1.29, 1.82) is 0 Å². The molecule has 0 aliphatic heterocycles. The van der Waals surface area contributed by atoms with Gasteiger partial charge in [-0.1, -0.05) is 35.9 Å². The Morgan fingerprint density at radius 1 is 0.972 bits per heavy atom. The van der Waals surface area contributed by atoms with Crippen molar-refractivity contribution in [2.45, 2.75) is 26.4 Å². The summed E-state index contributed by atoms with van der Waals surface area (Å²) >= 11 is 6.15. The van der Waals surface area contributed by atoms with E-state index in [2.05, 4.69) is 5.32 Å². The van der Waals surface area contributed by atoms with Crippen LogP contribution in [-0.2, 0) is 17.4 Å². The number of para-hydroxylation sites is 1. The van der Waals surface area contributed by atoms with Gasteiger partial charge in [-0.25, -0.2) is 0 Å². The third kappa shape index (κ3) is 5.28. The topological polar surface area (TPSA) is 60.7 Å². The molecule has 0 atom stereocenters. The molecule has 4 rings (SSSR count). The zero-order chi connectivity index (χ0) is 25.9. The van der Waals surface area contributed by atoms with Crippen molar-refractivity contribution in [1.82, 2.24) is 0 Å². The van der Waals surface area contributed by atoms with Crippen LogP contribution in [0.4, 0.5) is 18.9 Å². The van der Waals surface area contributed by atoms with Crippen LogP contribution in [0.25, 0.3) is 22.1 Å². The highest BCUT2D eigenvalue weighted by atomic mass is 35.5. The monoisotopic (exact) mass is 517 g/mol. The lowest BCUT2D eigenvalue weighted by Crippen LogP contribution is -2.16. The molecule has 5 nitrogen and oxygen atoms in total. The smallest absolute Gasteiger partial charge is 0.417 e. The lowest BCUT2D eigenvalue weighted by atomic mass is 9.95. The zero-order valence-electron chi connectivity index (χ0n) is 19.5. The number of anilines is 1. The van der Waals surface area contributed by atoms with Crippen molar-refractivity contribution in [2.75, 3.05) is 18.5 Å². The average molecular weight is 518 g/mol. The first-order chi connectivity index (χ1) is 17.2. The molecule has 0 saturated carbocycles. The van der Waals surface area contributed by atoms with E-state index in [-0.39, 0.29) is 23.3 Å². The summed E-state index contributed by atoms with van der Waals surface area (Å²) in [5, 5.41) is 3.49. The van der Waals surface area contributed by atoms with Gasteiger partial charge in [0.25, 0.3) is 0 Å². The van der Waals surface area contributed by atoms with Gasteiger partial charge in [-0.05, 0) is 55.8 Å². The molecule has 0 radical (unpaired) electrons. The Kier molecular flexibility index (Phi) is 7.45. The molecule has 36 heavy (non-hydrogen) atoms. The van der Waals surface area contributed by atoms with E-state index >= 15 is 0 Å². The van der Waals surface area contributed by atoms with Crippen LogP contribution in [0, 0.1) is 0 Å². The number of hydrogen-bond acceptors (Lipinski definition) is 4. The molecule has 0 spiro atoms. The Morgan fingerprint density at radius 3 is 2.28 bits per heavy atom. The zero-order valence-corrected chi connectivity index (χ0v) is 20.3. The fourth-order valence-corrected chi connectivity index (χ4v) is 4.18. The highest BCUT2D eigenvalue weighted by Crippen LogP contribution is 2.43. The van der Waals surface area contributed by atoms with E-state index in [0.29, 0.717) is 46.4 Å². The second-order valence-corrected chi connectivity index (χ2v) is 8.24. The molecule has 0 unspecified atom stereocenters. The normalized spacial score (nSPS) is 11.5. The molecular weight excluding hydrogens is 495 g/mol. The number of ether oxygens (including phenoxy) is 2. The fraction of sp³-hybridized carbons (Fsp3) is 0.222. The van der Waals surface area contributed by atoms with Gasteiger partial charge in [0.2, 0.25) is 5.91 Å². The minimum absolute atomic E-state index is 0.0771. The number of nitrogens with one attached hydrogen (secondary N) is 1. The van der Waals surface area contributed by atoms with E-state index in [1.54, 1.807) is 30.3 Å². The summed E-state index contributed by atoms with van der Waals surface area (Å²) in [6, 6.07) is 15.0. The van der Waals surface area contributed by atoms with Gasteiger partial charge in [-0.2, -0.15) is 13.2 Å². The SMILES string of the molecule is CCOc1cccc(OCC)c1NC(=O)Cc1oc2ccc(Cl)cc2c1-c1ccccc1C(F)(F)F. The number of fused-ring (bicyclic) bond motifs is 1. The first kappa shape index (κ1) is 25.4. The van der Waals surface area contributed by atoms with E-state index in [0.717, 1.165) is 6.07 Å². The van der Waals surface area contributed by atoms with Crippen LogP contribution < -0.4 is 14.8 Å². The van der Waals surface area contributed by atoms with Crippen LogP contribution in [0.2, 0.25) is 5.02 Å². The molecule has 0 aliphatic carbocycles. The van der Waals surface area contributed by atoms with Crippen LogP contribution in [-0.4, -0.2) is 19.1 Å². The highest BCUT2D eigenvalue weighted by molar-refractivity contribution is 6.31. The second-order valence-electron chi connectivity index (χ2n) is 7.80. The molecular formula is C27H23ClF3NO4. The van der Waals surface area contributed by atoms with E-state index in [9.17, 15) is 18.0 Å². The molecule has 9 heteroatoms. The van der Waals surface area contributed by atoms with Crippen LogP contribution in [0.3, 0.4) is 0 Å². The van der Waals surface area contributed by atoms with Crippen LogP contribution in [0.15, 0.2) is 65.1 Å². The Balaban J connectivity index is 1.78. The summed E-state index contributed by atoms with van der Waals surface area (Å²) in [6.07, 6.45) is -4.94. The Bertz CT molecular complexity index is 1370. The van der Waals surface area contributed by atoms with Crippen molar-refractivity contribution in [3.05, 3.63) is 77.0 Å². The Morgan fingerprint density at radius 2 is 1.64 bits per heavy atom. The Labute approximate surface area is 210 Å². The number of alkyl halides is 3. The maximum atomic E-state index is 13.9. The summed E-state index contributed by atoms with van der Waals surface area (Å²) in [6.45, 7) is 4.34. The maximum absolute atomic E-state index is 13.9. The molecule has 1 N–H and O–H groups in total. The summed E-state index contributed by atoms with van der Waals surface area (Å²) in [5.74, 6) is 0.388. The number of carbonyl (C=O) groups is 1. The van der Waals surface area contributed by atoms with Crippen molar-refractivity contribution in [2.24, 2.45) is 0 Å². The maximum Gasteiger partial charge on any atom is 0.417 e. The minimum Gasteiger partial charge on any atom is -0.492 e. The Hall–Kier alpha value is -3.65. The summed E-state index contributed by atoms with van der Waals surface area (Å²) < 4.78 is 58.8. The molecule has 188 valence electrons. The number of carbonyl (C=O) groups excluding carboxylic acids is 1. The predicted octanol–water partition coefficient (Wildman–Crippen LogP) is 7.75. The lowest BCUT2D eigenvalue weighted by Gasteiger charge is -2.16. The van der Waals surface area contributed by atoms with Gasteiger partial charge in [-0.3, -0.25) is 4.79 Å². The van der Waals surface area contributed by atoms with E-state index < -0.39 is 17.6 Å². The van der Waals surface area contributed by atoms with Gasteiger partial charge in [0, 0.05) is 16.0 Å². The summed E-state index contributed by atoms with van der Waals surface area (Å²) in [7, 11) is 0. The van der Waals surface area contributed by atoms with Crippen molar-refractivity contribution < 1.29 is 31.9 Å². The molecule has 0 fully saturated rings. The summed E-state index contributed by atoms with van der Waals surface area (Å²) in [4.78, 5) is 13.2. The van der Waals surface area contributed by atoms with Crippen LogP contribution >= 0.6 is 11.6 Å². The van der Waals surface area contributed by atoms with E-state index in [4.69, 9.17) is 25.5 Å². The minimum atomic E-state index is -4.61. The fourth-order valence-electron chi connectivity index (χ4n) is 4.00. The van der Waals surface area contributed by atoms with Gasteiger partial charge in [0.15, 0.2) is 0 Å². The standard InChI is InChI=1S/C27H23ClF3NO4/c1-3-34-21-10-7-11-22(35-4-2)26(21)32-24(33)15-23-25(18-14-16(28)12-13-20(18)36-23)17-8-5-6-9-19(17)27(29,30)31/h5-14H,3-4,15H2,1-2H3,(H,32,33). The number of halogens is 4. The molecule has 4 aromatic rings. The third-order valence-electron chi connectivity index (χ3n) is 5.40. The number of rotatable bonds is 8. The van der Waals surface area contributed by atoms with Gasteiger partial charge < -0.3 is 19.2 Å². The van der Waals surface area contributed by atoms with Crippen molar-refractivity contribution >= 4 is 34.2 Å². The number of amides is 1. The van der Waals surface area contributed by atoms with Gasteiger partial charge >= 0.3 is 6.18 Å². The second kappa shape index (κ2) is 10.5. The largest absolute Gasteiger partial charge is 0.492 e. The summed E-state index contributed by atoms with van der Waals surface area (Å²) in [5.41, 5.74) is -0.117. The van der Waals surface area contributed by atoms with Crippen LogP contribution in [0.1, 0.15) is 25.2 Å². The van der Waals surface area contributed by atoms with Gasteiger partial charge in [0.05, 0.1) is 25.2 Å². The van der Waals surface area contributed by atoms with Crippen molar-refractivity contribution in [3.8, 4) is 22.6 Å². The molecule has 0 aliphatic rings. The van der Waals surface area contributed by atoms with Gasteiger partial charge in [0.1, 0.15) is 28.5 Å². The van der Waals surface area contributed by atoms with Crippen LogP contribution in [0.5, 0.6) is 11.5 Å². The third-order valence-corrected chi connectivity index (χ3v) is 5.63. The molecule has 1 amide bonds. The molecule has 3 aromatic carbocycles.